The lowest BCUT2D eigenvalue weighted by molar-refractivity contribution is -0.140. The van der Waals surface area contributed by atoms with E-state index < -0.39 is 5.97 Å². The number of likely N-dealkylation sites (N-methyl/N-ethyl adjacent to an activating group) is 1. The predicted molar refractivity (Wildman–Crippen MR) is 62.2 cm³/mol. The zero-order chi connectivity index (χ0) is 12.6. The molecular formula is C11H20N2O3. The van der Waals surface area contributed by atoms with Gasteiger partial charge in [0.05, 0.1) is 13.0 Å². The van der Waals surface area contributed by atoms with Crippen LogP contribution in [0.2, 0.25) is 0 Å². The van der Waals surface area contributed by atoms with Crippen molar-refractivity contribution < 1.29 is 14.7 Å². The summed E-state index contributed by atoms with van der Waals surface area (Å²) in [6.45, 7) is 8.40. The van der Waals surface area contributed by atoms with Crippen molar-refractivity contribution in [2.45, 2.75) is 26.3 Å². The molecule has 0 saturated heterocycles. The molecule has 92 valence electrons. The first-order valence-corrected chi connectivity index (χ1v) is 5.35. The lowest BCUT2D eigenvalue weighted by Crippen LogP contribution is -2.44. The molecule has 0 aromatic rings. The van der Waals surface area contributed by atoms with E-state index in [0.717, 1.165) is 0 Å². The molecule has 0 fully saturated rings. The smallest absolute Gasteiger partial charge is 0.305 e. The summed E-state index contributed by atoms with van der Waals surface area (Å²) in [5, 5.41) is 11.6. The van der Waals surface area contributed by atoms with Gasteiger partial charge in [0, 0.05) is 19.1 Å². The van der Waals surface area contributed by atoms with Gasteiger partial charge in [0.15, 0.2) is 0 Å². The van der Waals surface area contributed by atoms with Gasteiger partial charge in [0.2, 0.25) is 5.91 Å². The second-order valence-corrected chi connectivity index (χ2v) is 3.55. The topological polar surface area (TPSA) is 69.6 Å². The number of hydrogen-bond acceptors (Lipinski definition) is 3. The van der Waals surface area contributed by atoms with Gasteiger partial charge < -0.3 is 15.3 Å². The second kappa shape index (κ2) is 7.87. The summed E-state index contributed by atoms with van der Waals surface area (Å²) in [5.74, 6) is -0.976. The quantitative estimate of drug-likeness (QED) is 0.468. The Labute approximate surface area is 96.1 Å². The molecule has 0 bridgehead atoms. The third-order valence-electron chi connectivity index (χ3n) is 2.23. The molecule has 2 N–H and O–H groups in total. The zero-order valence-electron chi connectivity index (χ0n) is 9.90. The van der Waals surface area contributed by atoms with Crippen molar-refractivity contribution >= 4 is 11.9 Å². The lowest BCUT2D eigenvalue weighted by Gasteiger charge is -2.27. The van der Waals surface area contributed by atoms with Crippen molar-refractivity contribution in [1.29, 1.82) is 0 Å². The Bertz CT molecular complexity index is 254. The Morgan fingerprint density at radius 2 is 2.19 bits per heavy atom. The van der Waals surface area contributed by atoms with E-state index in [2.05, 4.69) is 11.9 Å². The van der Waals surface area contributed by atoms with Gasteiger partial charge in [0.25, 0.3) is 0 Å². The Morgan fingerprint density at radius 1 is 1.56 bits per heavy atom. The van der Waals surface area contributed by atoms with Gasteiger partial charge in [-0.15, -0.1) is 6.58 Å². The number of rotatable bonds is 8. The summed E-state index contributed by atoms with van der Waals surface area (Å²) in [5.41, 5.74) is 0. The number of carboxylic acids is 1. The van der Waals surface area contributed by atoms with Crippen LogP contribution in [0.4, 0.5) is 0 Å². The molecule has 1 amide bonds. The SMILES string of the molecule is C=CCNCC(=O)N(CC)C(C)CC(=O)O. The molecule has 0 heterocycles. The maximum absolute atomic E-state index is 11.7. The summed E-state index contributed by atoms with van der Waals surface area (Å²) in [6, 6.07) is -0.277. The standard InChI is InChI=1S/C11H20N2O3/c1-4-6-12-8-10(14)13(5-2)9(3)7-11(15)16/h4,9,12H,1,5-8H2,2-3H3,(H,15,16). The fraction of sp³-hybridized carbons (Fsp3) is 0.636. The van der Waals surface area contributed by atoms with E-state index in [1.807, 2.05) is 6.92 Å². The van der Waals surface area contributed by atoms with Crippen LogP contribution in [-0.2, 0) is 9.59 Å². The second-order valence-electron chi connectivity index (χ2n) is 3.55. The molecule has 16 heavy (non-hydrogen) atoms. The summed E-state index contributed by atoms with van der Waals surface area (Å²) in [4.78, 5) is 23.8. The number of amides is 1. The van der Waals surface area contributed by atoms with Crippen molar-refractivity contribution in [1.82, 2.24) is 10.2 Å². The number of carboxylic acid groups (broad SMARTS) is 1. The van der Waals surface area contributed by atoms with Crippen LogP contribution in [-0.4, -0.2) is 47.6 Å². The third-order valence-corrected chi connectivity index (χ3v) is 2.23. The first kappa shape index (κ1) is 14.6. The van der Waals surface area contributed by atoms with Crippen LogP contribution in [0.25, 0.3) is 0 Å². The van der Waals surface area contributed by atoms with Crippen LogP contribution in [0.1, 0.15) is 20.3 Å². The minimum Gasteiger partial charge on any atom is -0.481 e. The highest BCUT2D eigenvalue weighted by Gasteiger charge is 2.19. The molecule has 5 heteroatoms. The summed E-state index contributed by atoms with van der Waals surface area (Å²) in [7, 11) is 0. The minimum absolute atomic E-state index is 0.0267. The normalized spacial score (nSPS) is 11.9. The van der Waals surface area contributed by atoms with Gasteiger partial charge in [-0.25, -0.2) is 0 Å². The van der Waals surface area contributed by atoms with Gasteiger partial charge in [0.1, 0.15) is 0 Å². The molecule has 1 unspecified atom stereocenters. The molecule has 0 aliphatic carbocycles. The maximum Gasteiger partial charge on any atom is 0.305 e. The van der Waals surface area contributed by atoms with E-state index in [-0.39, 0.29) is 24.9 Å². The van der Waals surface area contributed by atoms with Crippen molar-refractivity contribution in [2.24, 2.45) is 0 Å². The molecule has 0 aliphatic heterocycles. The number of carbonyl (C=O) groups excluding carboxylic acids is 1. The van der Waals surface area contributed by atoms with Crippen molar-refractivity contribution in [2.75, 3.05) is 19.6 Å². The van der Waals surface area contributed by atoms with Crippen LogP contribution in [0.3, 0.4) is 0 Å². The molecule has 0 aromatic carbocycles. The average Bonchev–Trinajstić information content (AvgIpc) is 2.18. The summed E-state index contributed by atoms with van der Waals surface area (Å²) in [6.07, 6.45) is 1.64. The summed E-state index contributed by atoms with van der Waals surface area (Å²) < 4.78 is 0. The molecule has 1 atom stereocenters. The van der Waals surface area contributed by atoms with E-state index >= 15 is 0 Å². The fourth-order valence-corrected chi connectivity index (χ4v) is 1.48. The van der Waals surface area contributed by atoms with Gasteiger partial charge in [-0.2, -0.15) is 0 Å². The van der Waals surface area contributed by atoms with Crippen molar-refractivity contribution in [3.8, 4) is 0 Å². The molecule has 0 saturated carbocycles. The van der Waals surface area contributed by atoms with Gasteiger partial charge in [-0.1, -0.05) is 6.08 Å². The van der Waals surface area contributed by atoms with Crippen molar-refractivity contribution in [3.05, 3.63) is 12.7 Å². The van der Waals surface area contributed by atoms with Crippen LogP contribution < -0.4 is 5.32 Å². The monoisotopic (exact) mass is 228 g/mol. The third kappa shape index (κ3) is 5.50. The van der Waals surface area contributed by atoms with Gasteiger partial charge in [-0.05, 0) is 13.8 Å². The number of aliphatic carboxylic acids is 1. The van der Waals surface area contributed by atoms with Crippen molar-refractivity contribution in [3.63, 3.8) is 0 Å². The Kier molecular flexibility index (Phi) is 7.20. The van der Waals surface area contributed by atoms with Crippen LogP contribution >= 0.6 is 0 Å². The van der Waals surface area contributed by atoms with Crippen LogP contribution in [0.15, 0.2) is 12.7 Å². The van der Waals surface area contributed by atoms with E-state index in [9.17, 15) is 9.59 Å². The molecule has 0 aromatic heterocycles. The van der Waals surface area contributed by atoms with Crippen LogP contribution in [0, 0.1) is 0 Å². The zero-order valence-corrected chi connectivity index (χ0v) is 9.90. The number of hydrogen-bond donors (Lipinski definition) is 2. The average molecular weight is 228 g/mol. The molecule has 5 nitrogen and oxygen atoms in total. The number of nitrogens with zero attached hydrogens (tertiary/aromatic N) is 1. The Hall–Kier alpha value is -1.36. The molecule has 0 aliphatic rings. The molecule has 0 spiro atoms. The molecule has 0 radical (unpaired) electrons. The predicted octanol–water partition coefficient (Wildman–Crippen LogP) is 0.474. The van der Waals surface area contributed by atoms with E-state index in [1.54, 1.807) is 17.9 Å². The largest absolute Gasteiger partial charge is 0.481 e. The first-order chi connectivity index (χ1) is 7.52. The molecular weight excluding hydrogens is 208 g/mol. The van der Waals surface area contributed by atoms with E-state index in [0.29, 0.717) is 13.1 Å². The Morgan fingerprint density at radius 3 is 2.62 bits per heavy atom. The lowest BCUT2D eigenvalue weighted by atomic mass is 10.2. The van der Waals surface area contributed by atoms with Gasteiger partial charge >= 0.3 is 5.97 Å². The maximum atomic E-state index is 11.7. The number of carbonyl (C=O) groups is 2. The van der Waals surface area contributed by atoms with E-state index in [1.165, 1.54) is 0 Å². The van der Waals surface area contributed by atoms with E-state index in [4.69, 9.17) is 5.11 Å². The van der Waals surface area contributed by atoms with Gasteiger partial charge in [-0.3, -0.25) is 9.59 Å². The number of nitrogens with one attached hydrogen (secondary N) is 1. The Balaban J connectivity index is 4.18. The molecule has 0 rings (SSSR count). The highest BCUT2D eigenvalue weighted by molar-refractivity contribution is 5.79. The minimum atomic E-state index is -0.891. The highest BCUT2D eigenvalue weighted by atomic mass is 16.4. The summed E-state index contributed by atoms with van der Waals surface area (Å²) >= 11 is 0. The van der Waals surface area contributed by atoms with Crippen LogP contribution in [0.5, 0.6) is 0 Å². The fourth-order valence-electron chi connectivity index (χ4n) is 1.48. The highest BCUT2D eigenvalue weighted by Crippen LogP contribution is 2.03. The first-order valence-electron chi connectivity index (χ1n) is 5.35.